The SMILES string of the molecule is NC1CCCN(Cc2ccccc2)C1c1cccnc1. The van der Waals surface area contributed by atoms with Crippen LogP contribution >= 0.6 is 0 Å². The number of pyridine rings is 1. The van der Waals surface area contributed by atoms with Gasteiger partial charge in [-0.25, -0.2) is 0 Å². The molecule has 1 aromatic heterocycles. The van der Waals surface area contributed by atoms with E-state index in [9.17, 15) is 0 Å². The summed E-state index contributed by atoms with van der Waals surface area (Å²) in [6.07, 6.45) is 6.03. The van der Waals surface area contributed by atoms with Crippen LogP contribution in [0.2, 0.25) is 0 Å². The van der Waals surface area contributed by atoms with E-state index in [0.717, 1.165) is 19.5 Å². The molecule has 0 spiro atoms. The number of nitrogens with two attached hydrogens (primary N) is 1. The third-order valence-electron chi connectivity index (χ3n) is 4.04. The van der Waals surface area contributed by atoms with Gasteiger partial charge < -0.3 is 5.73 Å². The predicted octanol–water partition coefficient (Wildman–Crippen LogP) is 2.75. The number of likely N-dealkylation sites (tertiary alicyclic amines) is 1. The lowest BCUT2D eigenvalue weighted by Crippen LogP contribution is -2.45. The Morgan fingerprint density at radius 3 is 2.75 bits per heavy atom. The zero-order valence-electron chi connectivity index (χ0n) is 11.7. The van der Waals surface area contributed by atoms with Gasteiger partial charge in [-0.1, -0.05) is 36.4 Å². The Bertz CT molecular complexity index is 526. The van der Waals surface area contributed by atoms with E-state index < -0.39 is 0 Å². The normalized spacial score (nSPS) is 23.6. The van der Waals surface area contributed by atoms with E-state index in [-0.39, 0.29) is 12.1 Å². The lowest BCUT2D eigenvalue weighted by atomic mass is 9.91. The fraction of sp³-hybridized carbons (Fsp3) is 0.353. The molecule has 0 bridgehead atoms. The van der Waals surface area contributed by atoms with Crippen molar-refractivity contribution in [3.05, 3.63) is 66.0 Å². The lowest BCUT2D eigenvalue weighted by molar-refractivity contribution is 0.120. The highest BCUT2D eigenvalue weighted by molar-refractivity contribution is 5.20. The molecular weight excluding hydrogens is 246 g/mol. The molecule has 1 aromatic carbocycles. The van der Waals surface area contributed by atoms with Gasteiger partial charge in [0.2, 0.25) is 0 Å². The number of aromatic nitrogens is 1. The lowest BCUT2D eigenvalue weighted by Gasteiger charge is -2.40. The summed E-state index contributed by atoms with van der Waals surface area (Å²) in [5.41, 5.74) is 8.96. The quantitative estimate of drug-likeness (QED) is 0.929. The van der Waals surface area contributed by atoms with Gasteiger partial charge in [-0.05, 0) is 36.6 Å². The van der Waals surface area contributed by atoms with Crippen LogP contribution in [-0.2, 0) is 6.54 Å². The van der Waals surface area contributed by atoms with Crippen LogP contribution in [0.4, 0.5) is 0 Å². The summed E-state index contributed by atoms with van der Waals surface area (Å²) in [6.45, 7) is 2.05. The largest absolute Gasteiger partial charge is 0.326 e. The van der Waals surface area contributed by atoms with Gasteiger partial charge in [0.05, 0.1) is 6.04 Å². The van der Waals surface area contributed by atoms with Crippen LogP contribution in [0.25, 0.3) is 0 Å². The highest BCUT2D eigenvalue weighted by Gasteiger charge is 2.30. The van der Waals surface area contributed by atoms with Crippen LogP contribution in [0.15, 0.2) is 54.9 Å². The molecule has 3 rings (SSSR count). The summed E-state index contributed by atoms with van der Waals surface area (Å²) in [7, 11) is 0. The molecule has 2 aromatic rings. The number of benzene rings is 1. The van der Waals surface area contributed by atoms with E-state index in [4.69, 9.17) is 5.73 Å². The average Bonchev–Trinajstić information content (AvgIpc) is 2.49. The first-order chi connectivity index (χ1) is 9.84. The van der Waals surface area contributed by atoms with Crippen molar-refractivity contribution in [3.8, 4) is 0 Å². The molecule has 0 saturated carbocycles. The molecule has 104 valence electrons. The fourth-order valence-electron chi connectivity index (χ4n) is 3.10. The maximum absolute atomic E-state index is 6.39. The minimum absolute atomic E-state index is 0.191. The molecular formula is C17H21N3. The molecule has 2 N–H and O–H groups in total. The first-order valence-corrected chi connectivity index (χ1v) is 7.28. The standard InChI is InChI=1S/C17H21N3/c18-16-9-5-11-20(13-14-6-2-1-3-7-14)17(16)15-8-4-10-19-12-15/h1-4,6-8,10,12,16-17H,5,9,11,13,18H2. The zero-order valence-corrected chi connectivity index (χ0v) is 11.7. The number of hydrogen-bond acceptors (Lipinski definition) is 3. The summed E-state index contributed by atoms with van der Waals surface area (Å²) in [6, 6.07) is 15.2. The highest BCUT2D eigenvalue weighted by Crippen LogP contribution is 2.30. The highest BCUT2D eigenvalue weighted by atomic mass is 15.2. The second-order valence-electron chi connectivity index (χ2n) is 5.49. The van der Waals surface area contributed by atoms with Crippen molar-refractivity contribution in [1.82, 2.24) is 9.88 Å². The van der Waals surface area contributed by atoms with Gasteiger partial charge in [0.15, 0.2) is 0 Å². The van der Waals surface area contributed by atoms with Crippen LogP contribution in [0.5, 0.6) is 0 Å². The second-order valence-corrected chi connectivity index (χ2v) is 5.49. The predicted molar refractivity (Wildman–Crippen MR) is 81.0 cm³/mol. The average molecular weight is 267 g/mol. The molecule has 2 atom stereocenters. The van der Waals surface area contributed by atoms with Gasteiger partial charge in [-0.3, -0.25) is 9.88 Å². The summed E-state index contributed by atoms with van der Waals surface area (Å²) < 4.78 is 0. The summed E-state index contributed by atoms with van der Waals surface area (Å²) >= 11 is 0. The van der Waals surface area contributed by atoms with Crippen molar-refractivity contribution < 1.29 is 0 Å². The van der Waals surface area contributed by atoms with Gasteiger partial charge in [0, 0.05) is 25.0 Å². The maximum atomic E-state index is 6.39. The first kappa shape index (κ1) is 13.3. The smallest absolute Gasteiger partial charge is 0.0517 e. The zero-order chi connectivity index (χ0) is 13.8. The van der Waals surface area contributed by atoms with Gasteiger partial charge in [-0.2, -0.15) is 0 Å². The minimum Gasteiger partial charge on any atom is -0.326 e. The Labute approximate surface area is 120 Å². The number of rotatable bonds is 3. The summed E-state index contributed by atoms with van der Waals surface area (Å²) in [4.78, 5) is 6.74. The van der Waals surface area contributed by atoms with E-state index in [1.165, 1.54) is 17.5 Å². The summed E-state index contributed by atoms with van der Waals surface area (Å²) in [5.74, 6) is 0. The van der Waals surface area contributed by atoms with Crippen molar-refractivity contribution in [2.24, 2.45) is 5.73 Å². The molecule has 1 aliphatic heterocycles. The molecule has 1 fully saturated rings. The van der Waals surface area contributed by atoms with E-state index >= 15 is 0 Å². The maximum Gasteiger partial charge on any atom is 0.0517 e. The molecule has 2 heterocycles. The van der Waals surface area contributed by atoms with Crippen molar-refractivity contribution in [2.75, 3.05) is 6.54 Å². The topological polar surface area (TPSA) is 42.1 Å². The van der Waals surface area contributed by atoms with Crippen LogP contribution < -0.4 is 5.73 Å². The Morgan fingerprint density at radius 2 is 2.00 bits per heavy atom. The van der Waals surface area contributed by atoms with Crippen LogP contribution in [0.3, 0.4) is 0 Å². The summed E-state index contributed by atoms with van der Waals surface area (Å²) in [5, 5.41) is 0. The monoisotopic (exact) mass is 267 g/mol. The Balaban J connectivity index is 1.83. The molecule has 0 radical (unpaired) electrons. The van der Waals surface area contributed by atoms with Crippen molar-refractivity contribution in [1.29, 1.82) is 0 Å². The number of hydrogen-bond donors (Lipinski definition) is 1. The van der Waals surface area contributed by atoms with Crippen molar-refractivity contribution in [2.45, 2.75) is 31.5 Å². The molecule has 3 heteroatoms. The minimum atomic E-state index is 0.191. The van der Waals surface area contributed by atoms with Crippen molar-refractivity contribution in [3.63, 3.8) is 0 Å². The second kappa shape index (κ2) is 6.16. The van der Waals surface area contributed by atoms with Crippen molar-refractivity contribution >= 4 is 0 Å². The van der Waals surface area contributed by atoms with E-state index in [1.54, 1.807) is 0 Å². The van der Waals surface area contributed by atoms with Gasteiger partial charge in [0.25, 0.3) is 0 Å². The molecule has 3 nitrogen and oxygen atoms in total. The van der Waals surface area contributed by atoms with Gasteiger partial charge in [-0.15, -0.1) is 0 Å². The molecule has 20 heavy (non-hydrogen) atoms. The molecule has 0 amide bonds. The first-order valence-electron chi connectivity index (χ1n) is 7.28. The van der Waals surface area contributed by atoms with E-state index in [2.05, 4.69) is 46.3 Å². The number of piperidine rings is 1. The fourth-order valence-corrected chi connectivity index (χ4v) is 3.10. The van der Waals surface area contributed by atoms with Gasteiger partial charge >= 0.3 is 0 Å². The molecule has 1 aliphatic rings. The molecule has 2 unspecified atom stereocenters. The van der Waals surface area contributed by atoms with Gasteiger partial charge in [0.1, 0.15) is 0 Å². The molecule has 0 aliphatic carbocycles. The van der Waals surface area contributed by atoms with Crippen LogP contribution in [0.1, 0.15) is 30.0 Å². The van der Waals surface area contributed by atoms with Crippen LogP contribution in [-0.4, -0.2) is 22.5 Å². The Hall–Kier alpha value is -1.71. The Kier molecular flexibility index (Phi) is 4.09. The van der Waals surface area contributed by atoms with Crippen LogP contribution in [0, 0.1) is 0 Å². The Morgan fingerprint density at radius 1 is 1.15 bits per heavy atom. The molecule has 1 saturated heterocycles. The van der Waals surface area contributed by atoms with E-state index in [1.807, 2.05) is 18.5 Å². The third-order valence-corrected chi connectivity index (χ3v) is 4.04. The van der Waals surface area contributed by atoms with E-state index in [0.29, 0.717) is 0 Å². The third kappa shape index (κ3) is 2.89. The number of nitrogens with zero attached hydrogens (tertiary/aromatic N) is 2.